The molecule has 1 heterocycles. The Hall–Kier alpha value is -1.19. The van der Waals surface area contributed by atoms with Crippen molar-refractivity contribution < 1.29 is 4.79 Å². The van der Waals surface area contributed by atoms with Gasteiger partial charge in [-0.3, -0.25) is 4.90 Å². The number of rotatable bonds is 0. The third-order valence-electron chi connectivity index (χ3n) is 1.15. The zero-order valence-corrected chi connectivity index (χ0v) is 5.00. The van der Waals surface area contributed by atoms with Gasteiger partial charge in [0.25, 0.3) is 0 Å². The molecule has 0 bridgehead atoms. The average molecular weight is 127 g/mol. The molecule has 9 heavy (non-hydrogen) atoms. The number of hydrogen-bond acceptors (Lipinski definition) is 2. The lowest BCUT2D eigenvalue weighted by Gasteiger charge is -2.19. The van der Waals surface area contributed by atoms with Crippen LogP contribution in [0.4, 0.5) is 4.79 Å². The Kier molecular flexibility index (Phi) is 1.58. The molecule has 3 N–H and O–H groups in total. The molecule has 0 aromatic carbocycles. The highest BCUT2D eigenvalue weighted by molar-refractivity contribution is 5.73. The van der Waals surface area contributed by atoms with Crippen molar-refractivity contribution in [2.75, 3.05) is 13.1 Å². The first-order valence-electron chi connectivity index (χ1n) is 2.77. The maximum atomic E-state index is 10.4. The van der Waals surface area contributed by atoms with E-state index in [0.717, 1.165) is 6.54 Å². The number of amides is 2. The van der Waals surface area contributed by atoms with Crippen molar-refractivity contribution in [2.24, 2.45) is 5.73 Å². The maximum Gasteiger partial charge on any atom is 0.318 e. The number of primary amides is 1. The summed E-state index contributed by atoms with van der Waals surface area (Å²) in [5.74, 6) is 0. The fourth-order valence-corrected chi connectivity index (χ4v) is 0.669. The molecule has 0 spiro atoms. The monoisotopic (exact) mass is 127 g/mol. The first-order chi connectivity index (χ1) is 4.30. The van der Waals surface area contributed by atoms with Crippen LogP contribution in [-0.2, 0) is 0 Å². The predicted molar refractivity (Wildman–Crippen MR) is 33.4 cm³/mol. The van der Waals surface area contributed by atoms with E-state index in [0.29, 0.717) is 6.54 Å². The molecule has 4 nitrogen and oxygen atoms in total. The highest BCUT2D eigenvalue weighted by Gasteiger charge is 2.06. The molecule has 0 aromatic heterocycles. The van der Waals surface area contributed by atoms with Crippen molar-refractivity contribution in [1.82, 2.24) is 10.2 Å². The Morgan fingerprint density at radius 2 is 2.56 bits per heavy atom. The second-order valence-corrected chi connectivity index (χ2v) is 1.80. The largest absolute Gasteiger partial charge is 0.388 e. The van der Waals surface area contributed by atoms with Gasteiger partial charge in [0.15, 0.2) is 0 Å². The van der Waals surface area contributed by atoms with Crippen LogP contribution in [0.2, 0.25) is 0 Å². The van der Waals surface area contributed by atoms with Gasteiger partial charge in [0.05, 0.1) is 0 Å². The van der Waals surface area contributed by atoms with Gasteiger partial charge in [-0.2, -0.15) is 0 Å². The van der Waals surface area contributed by atoms with E-state index < -0.39 is 6.03 Å². The maximum absolute atomic E-state index is 10.4. The van der Waals surface area contributed by atoms with Crippen LogP contribution in [0.15, 0.2) is 12.4 Å². The van der Waals surface area contributed by atoms with E-state index in [1.807, 2.05) is 0 Å². The summed E-state index contributed by atoms with van der Waals surface area (Å²) in [4.78, 5) is 11.9. The normalized spacial score (nSPS) is 17.1. The highest BCUT2D eigenvalue weighted by Crippen LogP contribution is 1.91. The quantitative estimate of drug-likeness (QED) is 0.458. The lowest BCUT2D eigenvalue weighted by Crippen LogP contribution is -2.38. The van der Waals surface area contributed by atoms with Gasteiger partial charge in [0.2, 0.25) is 0 Å². The van der Waals surface area contributed by atoms with Gasteiger partial charge < -0.3 is 11.1 Å². The summed E-state index contributed by atoms with van der Waals surface area (Å²) in [7, 11) is 0. The van der Waals surface area contributed by atoms with Crippen LogP contribution < -0.4 is 11.1 Å². The molecule has 0 aliphatic carbocycles. The first kappa shape index (κ1) is 5.94. The zero-order valence-electron chi connectivity index (χ0n) is 5.00. The number of carbonyl (C=O) groups is 1. The summed E-state index contributed by atoms with van der Waals surface area (Å²) in [5, 5.41) is 2.94. The minimum Gasteiger partial charge on any atom is -0.388 e. The molecule has 0 saturated carbocycles. The molecule has 0 radical (unpaired) electrons. The van der Waals surface area contributed by atoms with Gasteiger partial charge in [-0.1, -0.05) is 0 Å². The molecule has 0 atom stereocenters. The Balaban J connectivity index is 2.50. The fourth-order valence-electron chi connectivity index (χ4n) is 0.669. The number of nitrogens with zero attached hydrogens (tertiary/aromatic N) is 1. The predicted octanol–water partition coefficient (Wildman–Crippen LogP) is -0.558. The SMILES string of the molecule is NC(=O)N1C=CNCC1. The molecule has 0 aromatic rings. The molecule has 0 saturated heterocycles. The van der Waals surface area contributed by atoms with Gasteiger partial charge >= 0.3 is 6.03 Å². The van der Waals surface area contributed by atoms with Gasteiger partial charge in [0, 0.05) is 25.5 Å². The van der Waals surface area contributed by atoms with Crippen molar-refractivity contribution in [3.05, 3.63) is 12.4 Å². The second kappa shape index (κ2) is 2.39. The molecule has 2 amide bonds. The van der Waals surface area contributed by atoms with E-state index in [1.165, 1.54) is 4.90 Å². The van der Waals surface area contributed by atoms with E-state index in [2.05, 4.69) is 5.32 Å². The average Bonchev–Trinajstić information content (AvgIpc) is 1.90. The smallest absolute Gasteiger partial charge is 0.318 e. The minimum absolute atomic E-state index is 0.396. The summed E-state index contributed by atoms with van der Waals surface area (Å²) >= 11 is 0. The molecular formula is C5H9N3O. The molecule has 1 rings (SSSR count). The topological polar surface area (TPSA) is 58.4 Å². The van der Waals surface area contributed by atoms with Gasteiger partial charge in [0.1, 0.15) is 0 Å². The molecular weight excluding hydrogens is 118 g/mol. The summed E-state index contributed by atoms with van der Waals surface area (Å²) in [6.45, 7) is 1.44. The Morgan fingerprint density at radius 3 is 2.89 bits per heavy atom. The number of nitrogens with two attached hydrogens (primary N) is 1. The zero-order chi connectivity index (χ0) is 6.69. The third-order valence-corrected chi connectivity index (χ3v) is 1.15. The molecule has 50 valence electrons. The van der Waals surface area contributed by atoms with Crippen molar-refractivity contribution in [3.63, 3.8) is 0 Å². The van der Waals surface area contributed by atoms with Gasteiger partial charge in [-0.15, -0.1) is 0 Å². The van der Waals surface area contributed by atoms with Gasteiger partial charge in [-0.25, -0.2) is 4.79 Å². The molecule has 1 aliphatic heterocycles. The number of carbonyl (C=O) groups excluding carboxylic acids is 1. The molecule has 0 unspecified atom stereocenters. The molecule has 1 aliphatic rings. The van der Waals surface area contributed by atoms with Crippen LogP contribution in [-0.4, -0.2) is 24.0 Å². The number of urea groups is 1. The summed E-state index contributed by atoms with van der Waals surface area (Å²) in [6.07, 6.45) is 3.33. The van der Waals surface area contributed by atoms with Crippen LogP contribution >= 0.6 is 0 Å². The van der Waals surface area contributed by atoms with Crippen LogP contribution in [0, 0.1) is 0 Å². The van der Waals surface area contributed by atoms with Crippen LogP contribution in [0.3, 0.4) is 0 Å². The molecule has 4 heteroatoms. The lowest BCUT2D eigenvalue weighted by molar-refractivity contribution is 0.223. The fraction of sp³-hybridized carbons (Fsp3) is 0.400. The van der Waals surface area contributed by atoms with E-state index in [1.54, 1.807) is 12.4 Å². The third kappa shape index (κ3) is 1.35. The number of nitrogens with one attached hydrogen (secondary N) is 1. The van der Waals surface area contributed by atoms with E-state index >= 15 is 0 Å². The van der Waals surface area contributed by atoms with E-state index in [9.17, 15) is 4.79 Å². The summed E-state index contributed by atoms with van der Waals surface area (Å²) in [6, 6.07) is -0.396. The van der Waals surface area contributed by atoms with Crippen molar-refractivity contribution in [1.29, 1.82) is 0 Å². The van der Waals surface area contributed by atoms with Crippen molar-refractivity contribution in [2.45, 2.75) is 0 Å². The Labute approximate surface area is 53.3 Å². The van der Waals surface area contributed by atoms with E-state index in [-0.39, 0.29) is 0 Å². The van der Waals surface area contributed by atoms with Crippen LogP contribution in [0.1, 0.15) is 0 Å². The van der Waals surface area contributed by atoms with Crippen LogP contribution in [0.5, 0.6) is 0 Å². The second-order valence-electron chi connectivity index (χ2n) is 1.80. The van der Waals surface area contributed by atoms with E-state index in [4.69, 9.17) is 5.73 Å². The highest BCUT2D eigenvalue weighted by atomic mass is 16.2. The molecule has 0 fully saturated rings. The van der Waals surface area contributed by atoms with Gasteiger partial charge in [-0.05, 0) is 0 Å². The Bertz CT molecular complexity index is 143. The first-order valence-corrected chi connectivity index (χ1v) is 2.77. The Morgan fingerprint density at radius 1 is 1.78 bits per heavy atom. The lowest BCUT2D eigenvalue weighted by atomic mass is 10.5. The van der Waals surface area contributed by atoms with Crippen molar-refractivity contribution >= 4 is 6.03 Å². The summed E-state index contributed by atoms with van der Waals surface area (Å²) < 4.78 is 0. The van der Waals surface area contributed by atoms with Crippen molar-refractivity contribution in [3.8, 4) is 0 Å². The standard InChI is InChI=1S/C5H9N3O/c6-5(9)8-3-1-7-2-4-8/h1,3,7H,2,4H2,(H2,6,9). The minimum atomic E-state index is -0.396. The number of hydrogen-bond donors (Lipinski definition) is 2. The summed E-state index contributed by atoms with van der Waals surface area (Å²) in [5.41, 5.74) is 4.98. The van der Waals surface area contributed by atoms with Crippen LogP contribution in [0.25, 0.3) is 0 Å².